The first-order valence-corrected chi connectivity index (χ1v) is 5.62. The molecular weight excluding hydrogens is 236 g/mol. The minimum absolute atomic E-state index is 0.0825. The van der Waals surface area contributed by atoms with Crippen LogP contribution in [0.15, 0.2) is 24.3 Å². The molecule has 1 rings (SSSR count). The summed E-state index contributed by atoms with van der Waals surface area (Å²) in [5.74, 6) is 0. The van der Waals surface area contributed by atoms with Gasteiger partial charge in [-0.1, -0.05) is 12.1 Å². The van der Waals surface area contributed by atoms with E-state index in [1.807, 2.05) is 0 Å². The molecule has 1 atom stereocenters. The number of benzene rings is 1. The second-order valence-electron chi connectivity index (χ2n) is 3.01. The van der Waals surface area contributed by atoms with Gasteiger partial charge in [-0.2, -0.15) is 8.42 Å². The van der Waals surface area contributed by atoms with Gasteiger partial charge in [-0.15, -0.1) is 0 Å². The molecular formula is C8H10N2O5S. The van der Waals surface area contributed by atoms with Crippen LogP contribution in [0.5, 0.6) is 0 Å². The Kier molecular flexibility index (Phi) is 3.35. The van der Waals surface area contributed by atoms with Crippen LogP contribution in [-0.2, 0) is 10.1 Å². The molecule has 7 nitrogen and oxygen atoms in total. The molecule has 5 N–H and O–H groups in total. The van der Waals surface area contributed by atoms with Crippen molar-refractivity contribution in [1.82, 2.24) is 5.32 Å². The molecule has 0 heterocycles. The molecule has 0 saturated heterocycles. The van der Waals surface area contributed by atoms with Crippen LogP contribution in [0.3, 0.4) is 0 Å². The van der Waals surface area contributed by atoms with Crippen molar-refractivity contribution in [2.75, 3.05) is 5.73 Å². The summed E-state index contributed by atoms with van der Waals surface area (Å²) in [6, 6.07) is 5.42. The fourth-order valence-corrected chi connectivity index (χ4v) is 1.86. The van der Waals surface area contributed by atoms with Crippen LogP contribution in [0.25, 0.3) is 0 Å². The molecule has 0 aliphatic rings. The summed E-state index contributed by atoms with van der Waals surface area (Å²) in [6.45, 7) is 0. The summed E-state index contributed by atoms with van der Waals surface area (Å²) in [4.78, 5) is 10.4. The molecule has 1 unspecified atom stereocenters. The fourth-order valence-electron chi connectivity index (χ4n) is 1.11. The summed E-state index contributed by atoms with van der Waals surface area (Å²) < 4.78 is 30.8. The van der Waals surface area contributed by atoms with Crippen molar-refractivity contribution in [1.29, 1.82) is 0 Å². The predicted molar refractivity (Wildman–Crippen MR) is 56.3 cm³/mol. The molecule has 1 aromatic carbocycles. The molecule has 0 aliphatic carbocycles. The first-order valence-electron chi connectivity index (χ1n) is 4.12. The van der Waals surface area contributed by atoms with Crippen LogP contribution in [0, 0.1) is 0 Å². The lowest BCUT2D eigenvalue weighted by molar-refractivity contribution is 0.192. The van der Waals surface area contributed by atoms with E-state index in [1.54, 1.807) is 5.32 Å². The first kappa shape index (κ1) is 12.3. The first-order chi connectivity index (χ1) is 7.30. The molecule has 0 aliphatic heterocycles. The van der Waals surface area contributed by atoms with Crippen molar-refractivity contribution in [3.8, 4) is 0 Å². The summed E-state index contributed by atoms with van der Waals surface area (Å²) in [5.41, 5.74) is 5.87. The number of nitrogen functional groups attached to an aromatic ring is 1. The van der Waals surface area contributed by atoms with Crippen molar-refractivity contribution in [3.05, 3.63) is 29.8 Å². The van der Waals surface area contributed by atoms with Gasteiger partial charge < -0.3 is 10.8 Å². The molecule has 0 fully saturated rings. The van der Waals surface area contributed by atoms with E-state index in [0.717, 1.165) is 0 Å². The molecule has 0 saturated carbocycles. The lowest BCUT2D eigenvalue weighted by Gasteiger charge is -2.13. The van der Waals surface area contributed by atoms with Crippen LogP contribution in [0.2, 0.25) is 0 Å². The molecule has 0 aromatic heterocycles. The minimum Gasteiger partial charge on any atom is -0.465 e. The number of carboxylic acid groups (broad SMARTS) is 1. The van der Waals surface area contributed by atoms with Crippen molar-refractivity contribution in [2.24, 2.45) is 0 Å². The summed E-state index contributed by atoms with van der Waals surface area (Å²) >= 11 is 0. The van der Waals surface area contributed by atoms with Crippen molar-refractivity contribution in [3.63, 3.8) is 0 Å². The number of carbonyl (C=O) groups is 1. The number of anilines is 1. The zero-order valence-electron chi connectivity index (χ0n) is 7.99. The normalized spacial score (nSPS) is 13.1. The maximum Gasteiger partial charge on any atom is 0.406 e. The summed E-state index contributed by atoms with van der Waals surface area (Å²) in [7, 11) is -4.56. The maximum atomic E-state index is 11.0. The van der Waals surface area contributed by atoms with Gasteiger partial charge in [0.25, 0.3) is 10.1 Å². The zero-order valence-corrected chi connectivity index (χ0v) is 8.81. The zero-order chi connectivity index (χ0) is 12.3. The van der Waals surface area contributed by atoms with E-state index in [0.29, 0.717) is 5.69 Å². The molecule has 0 radical (unpaired) electrons. The Bertz CT molecular complexity index is 482. The third-order valence-corrected chi connectivity index (χ3v) is 2.78. The largest absolute Gasteiger partial charge is 0.465 e. The van der Waals surface area contributed by atoms with Gasteiger partial charge in [-0.3, -0.25) is 9.87 Å². The van der Waals surface area contributed by atoms with Gasteiger partial charge in [0, 0.05) is 5.69 Å². The number of rotatable bonds is 3. The lowest BCUT2D eigenvalue weighted by atomic mass is 10.2. The number of amides is 1. The number of hydrogen-bond acceptors (Lipinski definition) is 4. The molecule has 1 aromatic rings. The van der Waals surface area contributed by atoms with E-state index in [-0.39, 0.29) is 5.56 Å². The Balaban J connectivity index is 3.11. The van der Waals surface area contributed by atoms with Gasteiger partial charge in [0.2, 0.25) is 0 Å². The highest BCUT2D eigenvalue weighted by molar-refractivity contribution is 7.86. The smallest absolute Gasteiger partial charge is 0.406 e. The number of hydrogen-bond donors (Lipinski definition) is 4. The van der Waals surface area contributed by atoms with Crippen molar-refractivity contribution < 1.29 is 22.9 Å². The van der Waals surface area contributed by atoms with E-state index >= 15 is 0 Å². The predicted octanol–water partition coefficient (Wildman–Crippen LogP) is 0.423. The SMILES string of the molecule is Nc1ccc(C(NC(=O)O)S(=O)(=O)O)cc1. The van der Waals surface area contributed by atoms with E-state index in [1.165, 1.54) is 24.3 Å². The third kappa shape index (κ3) is 3.11. The van der Waals surface area contributed by atoms with Crippen LogP contribution in [-0.4, -0.2) is 24.2 Å². The monoisotopic (exact) mass is 246 g/mol. The summed E-state index contributed by atoms with van der Waals surface area (Å²) in [5, 5.41) is 8.43. The van der Waals surface area contributed by atoms with Gasteiger partial charge >= 0.3 is 6.09 Å². The third-order valence-electron chi connectivity index (χ3n) is 1.79. The van der Waals surface area contributed by atoms with Gasteiger partial charge in [-0.05, 0) is 17.7 Å². The molecule has 1 amide bonds. The van der Waals surface area contributed by atoms with E-state index < -0.39 is 21.6 Å². The topological polar surface area (TPSA) is 130 Å². The quantitative estimate of drug-likeness (QED) is 0.451. The van der Waals surface area contributed by atoms with Crippen molar-refractivity contribution >= 4 is 21.9 Å². The molecule has 0 spiro atoms. The molecule has 16 heavy (non-hydrogen) atoms. The Morgan fingerprint density at radius 1 is 1.31 bits per heavy atom. The Hall–Kier alpha value is -1.80. The van der Waals surface area contributed by atoms with Gasteiger partial charge in [0.1, 0.15) is 0 Å². The second-order valence-corrected chi connectivity index (χ2v) is 4.51. The second kappa shape index (κ2) is 4.37. The highest BCUT2D eigenvalue weighted by Gasteiger charge is 2.26. The Morgan fingerprint density at radius 3 is 2.19 bits per heavy atom. The average Bonchev–Trinajstić information content (AvgIpc) is 2.14. The Morgan fingerprint density at radius 2 is 1.81 bits per heavy atom. The molecule has 8 heteroatoms. The molecule has 0 bridgehead atoms. The van der Waals surface area contributed by atoms with Crippen LogP contribution in [0.1, 0.15) is 10.9 Å². The summed E-state index contributed by atoms with van der Waals surface area (Å²) in [6.07, 6.45) is -1.56. The highest BCUT2D eigenvalue weighted by Crippen LogP contribution is 2.19. The molecule has 88 valence electrons. The van der Waals surface area contributed by atoms with E-state index in [4.69, 9.17) is 15.4 Å². The van der Waals surface area contributed by atoms with E-state index in [9.17, 15) is 13.2 Å². The minimum atomic E-state index is -4.56. The van der Waals surface area contributed by atoms with Gasteiger partial charge in [0.05, 0.1) is 0 Å². The lowest BCUT2D eigenvalue weighted by Crippen LogP contribution is -2.32. The van der Waals surface area contributed by atoms with Crippen molar-refractivity contribution in [2.45, 2.75) is 5.37 Å². The average molecular weight is 246 g/mol. The number of nitrogens with one attached hydrogen (secondary N) is 1. The van der Waals surface area contributed by atoms with Gasteiger partial charge in [-0.25, -0.2) is 4.79 Å². The Labute approximate surface area is 91.6 Å². The van der Waals surface area contributed by atoms with Crippen LogP contribution >= 0.6 is 0 Å². The van der Waals surface area contributed by atoms with Gasteiger partial charge in [0.15, 0.2) is 5.37 Å². The maximum absolute atomic E-state index is 11.0. The van der Waals surface area contributed by atoms with E-state index in [2.05, 4.69) is 0 Å². The standard InChI is InChI=1S/C8H10N2O5S/c9-6-3-1-5(2-4-6)7(10-8(11)12)16(13,14)15/h1-4,7,10H,9H2,(H,11,12)(H,13,14,15). The number of nitrogens with two attached hydrogens (primary N) is 1. The van der Waals surface area contributed by atoms with Crippen LogP contribution < -0.4 is 11.1 Å². The van der Waals surface area contributed by atoms with Crippen LogP contribution in [0.4, 0.5) is 10.5 Å². The highest BCUT2D eigenvalue weighted by atomic mass is 32.2. The fraction of sp³-hybridized carbons (Fsp3) is 0.125.